The van der Waals surface area contributed by atoms with E-state index >= 15 is 0 Å². The molecule has 4 N–H and O–H groups in total. The number of aromatic nitrogens is 3. The van der Waals surface area contributed by atoms with Gasteiger partial charge in [-0.1, -0.05) is 0 Å². The van der Waals surface area contributed by atoms with E-state index in [1.165, 1.54) is 48.8 Å². The Kier molecular flexibility index (Phi) is 5.67. The van der Waals surface area contributed by atoms with Gasteiger partial charge >= 0.3 is 0 Å². The van der Waals surface area contributed by atoms with E-state index in [2.05, 4.69) is 20.3 Å². The average molecular weight is 439 g/mol. The van der Waals surface area contributed by atoms with Gasteiger partial charge in [0.2, 0.25) is 0 Å². The first kappa shape index (κ1) is 19.9. The monoisotopic (exact) mass is 438 g/mol. The van der Waals surface area contributed by atoms with Crippen LogP contribution in [0.15, 0.2) is 56.8 Å². The van der Waals surface area contributed by atoms with Gasteiger partial charge in [-0.15, -0.1) is 11.3 Å². The number of thioether (sulfide) groups is 1. The van der Waals surface area contributed by atoms with Crippen LogP contribution in [0.1, 0.15) is 0 Å². The SMILES string of the molecule is CN(c1nccs1)S(=O)(=O)c1ccc(NC(=O)Sc2nc(N)cc(=O)[nH]2)cc1. The molecule has 13 heteroatoms. The molecule has 0 aliphatic heterocycles. The third-order valence-electron chi connectivity index (χ3n) is 3.38. The van der Waals surface area contributed by atoms with Gasteiger partial charge < -0.3 is 16.0 Å². The number of nitrogen functional groups attached to an aromatic ring is 1. The predicted octanol–water partition coefficient (Wildman–Crippen LogP) is 1.96. The molecule has 0 fully saturated rings. The van der Waals surface area contributed by atoms with Gasteiger partial charge in [-0.3, -0.25) is 9.59 Å². The maximum atomic E-state index is 12.6. The summed E-state index contributed by atoms with van der Waals surface area (Å²) in [7, 11) is -2.35. The van der Waals surface area contributed by atoms with Gasteiger partial charge in [0, 0.05) is 42.1 Å². The van der Waals surface area contributed by atoms with Gasteiger partial charge in [-0.05, 0) is 24.3 Å². The molecule has 0 atom stereocenters. The van der Waals surface area contributed by atoms with E-state index in [0.29, 0.717) is 22.6 Å². The number of carbonyl (C=O) groups is 1. The molecule has 3 aromatic rings. The first-order valence-corrected chi connectivity index (χ1v) is 10.7. The lowest BCUT2D eigenvalue weighted by molar-refractivity contribution is 0.269. The molecule has 0 saturated carbocycles. The Morgan fingerprint density at radius 2 is 2.04 bits per heavy atom. The summed E-state index contributed by atoms with van der Waals surface area (Å²) in [6.07, 6.45) is 1.52. The van der Waals surface area contributed by atoms with Crippen LogP contribution in [0, 0.1) is 0 Å². The van der Waals surface area contributed by atoms with E-state index in [-0.39, 0.29) is 15.9 Å². The van der Waals surface area contributed by atoms with Crippen molar-refractivity contribution in [1.29, 1.82) is 0 Å². The second-order valence-corrected chi connectivity index (χ2v) is 9.11. The Bertz CT molecular complexity index is 1140. The largest absolute Gasteiger partial charge is 0.383 e. The Balaban J connectivity index is 1.70. The number of nitrogens with two attached hydrogens (primary N) is 1. The number of anilines is 3. The maximum absolute atomic E-state index is 12.6. The molecular formula is C15H14N6O4S3. The lowest BCUT2D eigenvalue weighted by atomic mass is 10.3. The van der Waals surface area contributed by atoms with Crippen molar-refractivity contribution in [3.8, 4) is 0 Å². The third kappa shape index (κ3) is 4.49. The number of amides is 1. The van der Waals surface area contributed by atoms with E-state index in [0.717, 1.165) is 10.4 Å². The molecule has 1 amide bonds. The summed E-state index contributed by atoms with van der Waals surface area (Å²) in [4.78, 5) is 33.7. The van der Waals surface area contributed by atoms with Gasteiger partial charge in [0.25, 0.3) is 20.8 Å². The normalized spacial score (nSPS) is 11.2. The highest BCUT2D eigenvalue weighted by molar-refractivity contribution is 8.13. The first-order valence-electron chi connectivity index (χ1n) is 7.60. The summed E-state index contributed by atoms with van der Waals surface area (Å²) < 4.78 is 26.3. The van der Waals surface area contributed by atoms with Gasteiger partial charge in [0.05, 0.1) is 4.90 Å². The fourth-order valence-corrected chi connectivity index (χ4v) is 4.71. The van der Waals surface area contributed by atoms with Crippen LogP contribution in [-0.4, -0.2) is 35.7 Å². The van der Waals surface area contributed by atoms with Gasteiger partial charge in [-0.2, -0.15) is 0 Å². The molecule has 2 aromatic heterocycles. The molecule has 0 saturated heterocycles. The first-order chi connectivity index (χ1) is 13.3. The number of hydrogen-bond donors (Lipinski definition) is 3. The molecule has 10 nitrogen and oxygen atoms in total. The van der Waals surface area contributed by atoms with Crippen molar-refractivity contribution in [2.45, 2.75) is 10.1 Å². The standard InChI is InChI=1S/C15H14N6O4S3/c1-21(14-17-6-7-26-14)28(24,25)10-4-2-9(3-5-10)18-15(23)27-13-19-11(16)8-12(22)20-13/h2-8H,1H3,(H,18,23)(H3,16,19,20,22). The van der Waals surface area contributed by atoms with Crippen molar-refractivity contribution in [2.24, 2.45) is 0 Å². The zero-order chi connectivity index (χ0) is 20.3. The van der Waals surface area contributed by atoms with Crippen LogP contribution in [0.25, 0.3) is 0 Å². The topological polar surface area (TPSA) is 151 Å². The quantitative estimate of drug-likeness (QED) is 0.404. The molecule has 0 bridgehead atoms. The number of hydrogen-bond acceptors (Lipinski definition) is 9. The second kappa shape index (κ2) is 8.00. The minimum absolute atomic E-state index is 0.00189. The van der Waals surface area contributed by atoms with Crippen LogP contribution in [0.5, 0.6) is 0 Å². The van der Waals surface area contributed by atoms with E-state index in [1.807, 2.05) is 0 Å². The lowest BCUT2D eigenvalue weighted by Gasteiger charge is -2.16. The van der Waals surface area contributed by atoms with Gasteiger partial charge in [0.1, 0.15) is 5.82 Å². The summed E-state index contributed by atoms with van der Waals surface area (Å²) in [6, 6.07) is 6.76. The van der Waals surface area contributed by atoms with Crippen LogP contribution < -0.4 is 20.9 Å². The van der Waals surface area contributed by atoms with Crippen molar-refractivity contribution in [3.63, 3.8) is 0 Å². The zero-order valence-electron chi connectivity index (χ0n) is 14.3. The molecular weight excluding hydrogens is 424 g/mol. The number of H-pyrrole nitrogens is 1. The molecule has 0 aliphatic carbocycles. The summed E-state index contributed by atoms with van der Waals surface area (Å²) >= 11 is 1.85. The van der Waals surface area contributed by atoms with E-state index < -0.39 is 20.8 Å². The van der Waals surface area contributed by atoms with E-state index in [4.69, 9.17) is 5.73 Å². The minimum atomic E-state index is -3.77. The van der Waals surface area contributed by atoms with Crippen molar-refractivity contribution in [1.82, 2.24) is 15.0 Å². The highest BCUT2D eigenvalue weighted by Gasteiger charge is 2.23. The van der Waals surface area contributed by atoms with Gasteiger partial charge in [0.15, 0.2) is 10.3 Å². The molecule has 0 spiro atoms. The molecule has 28 heavy (non-hydrogen) atoms. The smallest absolute Gasteiger partial charge is 0.291 e. The van der Waals surface area contributed by atoms with Crippen LogP contribution in [0.3, 0.4) is 0 Å². The number of nitrogens with one attached hydrogen (secondary N) is 2. The number of sulfonamides is 1. The fourth-order valence-electron chi connectivity index (χ4n) is 2.08. The maximum Gasteiger partial charge on any atom is 0.291 e. The highest BCUT2D eigenvalue weighted by Crippen LogP contribution is 2.25. The summed E-state index contributed by atoms with van der Waals surface area (Å²) in [6.45, 7) is 0. The second-order valence-electron chi connectivity index (χ2n) is 5.30. The summed E-state index contributed by atoms with van der Waals surface area (Å²) in [5.74, 6) is -0.00189. The number of carbonyl (C=O) groups excluding carboxylic acids is 1. The summed E-state index contributed by atoms with van der Waals surface area (Å²) in [5, 5.41) is 4.12. The highest BCUT2D eigenvalue weighted by atomic mass is 32.2. The minimum Gasteiger partial charge on any atom is -0.383 e. The molecule has 1 aromatic carbocycles. The van der Waals surface area contributed by atoms with Crippen molar-refractivity contribution in [3.05, 3.63) is 52.3 Å². The van der Waals surface area contributed by atoms with Crippen molar-refractivity contribution in [2.75, 3.05) is 22.4 Å². The Morgan fingerprint density at radius 3 is 2.64 bits per heavy atom. The Labute approximate surface area is 167 Å². The molecule has 0 radical (unpaired) electrons. The predicted molar refractivity (Wildman–Crippen MR) is 108 cm³/mol. The van der Waals surface area contributed by atoms with Crippen LogP contribution in [-0.2, 0) is 10.0 Å². The Hall–Kier alpha value is -2.90. The van der Waals surface area contributed by atoms with Crippen LogP contribution in [0.2, 0.25) is 0 Å². The molecule has 0 unspecified atom stereocenters. The van der Waals surface area contributed by atoms with Crippen molar-refractivity contribution >= 4 is 55.0 Å². The van der Waals surface area contributed by atoms with E-state index in [1.54, 1.807) is 5.38 Å². The number of rotatable bonds is 5. The Morgan fingerprint density at radius 1 is 1.32 bits per heavy atom. The molecule has 3 rings (SSSR count). The van der Waals surface area contributed by atoms with Crippen molar-refractivity contribution < 1.29 is 13.2 Å². The number of thiazole rings is 1. The molecule has 146 valence electrons. The number of nitrogens with zero attached hydrogens (tertiary/aromatic N) is 3. The fraction of sp³-hybridized carbons (Fsp3) is 0.0667. The van der Waals surface area contributed by atoms with Gasteiger partial charge in [-0.25, -0.2) is 22.7 Å². The number of benzene rings is 1. The average Bonchev–Trinajstić information content (AvgIpc) is 3.15. The zero-order valence-corrected chi connectivity index (χ0v) is 16.8. The van der Waals surface area contributed by atoms with Crippen LogP contribution >= 0.6 is 23.1 Å². The summed E-state index contributed by atoms with van der Waals surface area (Å²) in [5.41, 5.74) is 5.37. The number of aromatic amines is 1. The van der Waals surface area contributed by atoms with Crippen LogP contribution in [0.4, 0.5) is 21.4 Å². The van der Waals surface area contributed by atoms with E-state index in [9.17, 15) is 18.0 Å². The molecule has 0 aliphatic rings. The third-order valence-corrected chi connectivity index (χ3v) is 6.78. The lowest BCUT2D eigenvalue weighted by Crippen LogP contribution is -2.26. The molecule has 2 heterocycles.